The normalized spacial score (nSPS) is 11.3. The first-order chi connectivity index (χ1) is 8.72. The van der Waals surface area contributed by atoms with Crippen LogP contribution in [0.4, 0.5) is 17.1 Å². The lowest BCUT2D eigenvalue weighted by Gasteiger charge is -2.23. The van der Waals surface area contributed by atoms with E-state index in [1.54, 1.807) is 18.7 Å². The average Bonchev–Trinajstić information content (AvgIpc) is 2.28. The standard InChI is InChI=1S/C10H15N3O5S/c1-3-12(4-2)9-5-7(11)8(13(14)15)6-10(9)19(16,17)18/h5-6H,3-4,11H2,1-2H3,(H,16,17,18). The summed E-state index contributed by atoms with van der Waals surface area (Å²) in [5.41, 5.74) is 4.98. The Morgan fingerprint density at radius 3 is 2.26 bits per heavy atom. The molecule has 0 atom stereocenters. The van der Waals surface area contributed by atoms with Crippen molar-refractivity contribution in [2.24, 2.45) is 0 Å². The van der Waals surface area contributed by atoms with Gasteiger partial charge in [-0.2, -0.15) is 8.42 Å². The van der Waals surface area contributed by atoms with Crippen LogP contribution in [0.3, 0.4) is 0 Å². The molecule has 9 heteroatoms. The van der Waals surface area contributed by atoms with Crippen molar-refractivity contribution in [1.82, 2.24) is 0 Å². The van der Waals surface area contributed by atoms with Gasteiger partial charge >= 0.3 is 0 Å². The van der Waals surface area contributed by atoms with E-state index in [0.717, 1.165) is 6.07 Å². The molecule has 1 rings (SSSR count). The molecule has 0 amide bonds. The molecule has 19 heavy (non-hydrogen) atoms. The van der Waals surface area contributed by atoms with Crippen LogP contribution in [-0.2, 0) is 10.1 Å². The van der Waals surface area contributed by atoms with E-state index >= 15 is 0 Å². The van der Waals surface area contributed by atoms with E-state index in [2.05, 4.69) is 0 Å². The van der Waals surface area contributed by atoms with Crippen LogP contribution in [0.2, 0.25) is 0 Å². The fourth-order valence-corrected chi connectivity index (χ4v) is 2.46. The van der Waals surface area contributed by atoms with Gasteiger partial charge < -0.3 is 10.6 Å². The quantitative estimate of drug-likeness (QED) is 0.361. The van der Waals surface area contributed by atoms with E-state index in [9.17, 15) is 23.1 Å². The molecule has 3 N–H and O–H groups in total. The fourth-order valence-electron chi connectivity index (χ4n) is 1.75. The average molecular weight is 289 g/mol. The molecule has 0 aliphatic rings. The molecule has 106 valence electrons. The Labute approximate surface area is 110 Å². The molecule has 1 aromatic rings. The Bertz CT molecular complexity index is 595. The first-order valence-electron chi connectivity index (χ1n) is 5.52. The number of benzene rings is 1. The van der Waals surface area contributed by atoms with E-state index < -0.39 is 25.6 Å². The van der Waals surface area contributed by atoms with E-state index in [0.29, 0.717) is 13.1 Å². The number of nitrogen functional groups attached to an aromatic ring is 1. The molecule has 0 aliphatic heterocycles. The van der Waals surface area contributed by atoms with Crippen LogP contribution < -0.4 is 10.6 Å². The minimum atomic E-state index is -4.57. The summed E-state index contributed by atoms with van der Waals surface area (Å²) in [5, 5.41) is 10.8. The first-order valence-corrected chi connectivity index (χ1v) is 6.96. The van der Waals surface area contributed by atoms with Crippen molar-refractivity contribution >= 4 is 27.2 Å². The minimum Gasteiger partial charge on any atom is -0.393 e. The van der Waals surface area contributed by atoms with Gasteiger partial charge in [0.1, 0.15) is 10.6 Å². The van der Waals surface area contributed by atoms with Crippen LogP contribution in [-0.4, -0.2) is 31.0 Å². The molecular formula is C10H15N3O5S. The second kappa shape index (κ2) is 5.41. The van der Waals surface area contributed by atoms with Gasteiger partial charge in [-0.3, -0.25) is 14.7 Å². The van der Waals surface area contributed by atoms with Gasteiger partial charge in [-0.05, 0) is 19.9 Å². The number of hydrogen-bond donors (Lipinski definition) is 2. The molecule has 0 unspecified atom stereocenters. The van der Waals surface area contributed by atoms with Gasteiger partial charge in [0, 0.05) is 19.2 Å². The topological polar surface area (TPSA) is 127 Å². The van der Waals surface area contributed by atoms with Gasteiger partial charge in [-0.1, -0.05) is 0 Å². The van der Waals surface area contributed by atoms with Gasteiger partial charge in [0.2, 0.25) is 0 Å². The monoisotopic (exact) mass is 289 g/mol. The van der Waals surface area contributed by atoms with Gasteiger partial charge in [-0.25, -0.2) is 0 Å². The summed E-state index contributed by atoms with van der Waals surface area (Å²) in [6.45, 7) is 4.51. The predicted molar refractivity (Wildman–Crippen MR) is 70.9 cm³/mol. The van der Waals surface area contributed by atoms with Gasteiger partial charge in [0.25, 0.3) is 15.8 Å². The van der Waals surface area contributed by atoms with E-state index in [-0.39, 0.29) is 11.4 Å². The van der Waals surface area contributed by atoms with Crippen molar-refractivity contribution in [1.29, 1.82) is 0 Å². The van der Waals surface area contributed by atoms with Crippen LogP contribution in [0.25, 0.3) is 0 Å². The molecule has 0 aliphatic carbocycles. The highest BCUT2D eigenvalue weighted by Crippen LogP contribution is 2.34. The Morgan fingerprint density at radius 1 is 1.37 bits per heavy atom. The van der Waals surface area contributed by atoms with Gasteiger partial charge in [-0.15, -0.1) is 0 Å². The lowest BCUT2D eigenvalue weighted by molar-refractivity contribution is -0.384. The highest BCUT2D eigenvalue weighted by atomic mass is 32.2. The number of nitro benzene ring substituents is 1. The van der Waals surface area contributed by atoms with Gasteiger partial charge in [0.15, 0.2) is 0 Å². The van der Waals surface area contributed by atoms with E-state index in [1.807, 2.05) is 0 Å². The summed E-state index contributed by atoms with van der Waals surface area (Å²) in [7, 11) is -4.57. The third-order valence-electron chi connectivity index (χ3n) is 2.69. The molecule has 0 spiro atoms. The highest BCUT2D eigenvalue weighted by molar-refractivity contribution is 7.86. The van der Waals surface area contributed by atoms with Crippen LogP contribution in [0.15, 0.2) is 17.0 Å². The van der Waals surface area contributed by atoms with Crippen molar-refractivity contribution in [2.45, 2.75) is 18.7 Å². The summed E-state index contributed by atoms with van der Waals surface area (Å²) in [6, 6.07) is 1.96. The summed E-state index contributed by atoms with van der Waals surface area (Å²) in [6.07, 6.45) is 0. The van der Waals surface area contributed by atoms with Crippen LogP contribution in [0, 0.1) is 10.1 Å². The SMILES string of the molecule is CCN(CC)c1cc(N)c([N+](=O)[O-])cc1S(=O)(=O)O. The van der Waals surface area contributed by atoms with Crippen LogP contribution in [0.5, 0.6) is 0 Å². The molecule has 1 aromatic carbocycles. The fraction of sp³-hybridized carbons (Fsp3) is 0.400. The zero-order valence-electron chi connectivity index (χ0n) is 10.5. The van der Waals surface area contributed by atoms with E-state index in [4.69, 9.17) is 5.73 Å². The zero-order chi connectivity index (χ0) is 14.8. The Morgan fingerprint density at radius 2 is 1.89 bits per heavy atom. The molecule has 8 nitrogen and oxygen atoms in total. The molecule has 0 heterocycles. The number of anilines is 2. The summed E-state index contributed by atoms with van der Waals surface area (Å²) in [4.78, 5) is 11.1. The summed E-state index contributed by atoms with van der Waals surface area (Å²) < 4.78 is 31.9. The maximum atomic E-state index is 11.3. The third-order valence-corrected chi connectivity index (χ3v) is 3.57. The minimum absolute atomic E-state index is 0.149. The predicted octanol–water partition coefficient (Wildman–Crippen LogP) is 1.27. The highest BCUT2D eigenvalue weighted by Gasteiger charge is 2.25. The molecular weight excluding hydrogens is 274 g/mol. The second-order valence-corrected chi connectivity index (χ2v) is 5.17. The Hall–Kier alpha value is -1.87. The van der Waals surface area contributed by atoms with Crippen molar-refractivity contribution in [3.63, 3.8) is 0 Å². The molecule has 0 radical (unpaired) electrons. The largest absolute Gasteiger partial charge is 0.393 e. The molecule has 0 bridgehead atoms. The summed E-state index contributed by atoms with van der Waals surface area (Å²) >= 11 is 0. The number of rotatable bonds is 5. The lowest BCUT2D eigenvalue weighted by Crippen LogP contribution is -2.24. The number of nitro groups is 1. The molecule has 0 saturated heterocycles. The number of nitrogens with two attached hydrogens (primary N) is 1. The second-order valence-electron chi connectivity index (χ2n) is 3.78. The Kier molecular flexibility index (Phi) is 4.32. The third kappa shape index (κ3) is 3.12. The van der Waals surface area contributed by atoms with Crippen LogP contribution in [0.1, 0.15) is 13.8 Å². The Balaban J connectivity index is 3.63. The summed E-state index contributed by atoms with van der Waals surface area (Å²) in [5.74, 6) is 0. The number of hydrogen-bond acceptors (Lipinski definition) is 6. The molecule has 0 aromatic heterocycles. The maximum absolute atomic E-state index is 11.3. The van der Waals surface area contributed by atoms with Crippen LogP contribution >= 0.6 is 0 Å². The maximum Gasteiger partial charge on any atom is 0.296 e. The molecule has 0 saturated carbocycles. The van der Waals surface area contributed by atoms with Crippen molar-refractivity contribution in [3.8, 4) is 0 Å². The van der Waals surface area contributed by atoms with Crippen molar-refractivity contribution in [3.05, 3.63) is 22.2 Å². The van der Waals surface area contributed by atoms with E-state index in [1.165, 1.54) is 6.07 Å². The smallest absolute Gasteiger partial charge is 0.296 e. The van der Waals surface area contributed by atoms with Crippen molar-refractivity contribution in [2.75, 3.05) is 23.7 Å². The van der Waals surface area contributed by atoms with Crippen molar-refractivity contribution < 1.29 is 17.9 Å². The van der Waals surface area contributed by atoms with Gasteiger partial charge in [0.05, 0.1) is 10.6 Å². The molecule has 0 fully saturated rings. The lowest BCUT2D eigenvalue weighted by atomic mass is 10.2. The first kappa shape index (κ1) is 15.2. The zero-order valence-corrected chi connectivity index (χ0v) is 11.3. The number of nitrogens with zero attached hydrogens (tertiary/aromatic N) is 2.